The van der Waals surface area contributed by atoms with Gasteiger partial charge in [-0.2, -0.15) is 9.61 Å². The first-order valence-corrected chi connectivity index (χ1v) is 10.3. The van der Waals surface area contributed by atoms with Gasteiger partial charge in [-0.3, -0.25) is 9.69 Å². The van der Waals surface area contributed by atoms with Crippen molar-refractivity contribution in [2.45, 2.75) is 26.8 Å². The summed E-state index contributed by atoms with van der Waals surface area (Å²) in [4.78, 5) is 22.4. The summed E-state index contributed by atoms with van der Waals surface area (Å²) in [6.45, 7) is 8.56. The molecule has 8 heteroatoms. The van der Waals surface area contributed by atoms with Crippen LogP contribution in [0.2, 0.25) is 5.02 Å². The molecule has 1 aliphatic rings. The molecule has 1 aromatic carbocycles. The Labute approximate surface area is 167 Å². The lowest BCUT2D eigenvalue weighted by atomic mass is 10.1. The van der Waals surface area contributed by atoms with E-state index in [0.29, 0.717) is 11.5 Å². The summed E-state index contributed by atoms with van der Waals surface area (Å²) in [6.07, 6.45) is 0.813. The van der Waals surface area contributed by atoms with Crippen molar-refractivity contribution in [2.24, 2.45) is 0 Å². The highest BCUT2D eigenvalue weighted by Gasteiger charge is 2.20. The standard InChI is InChI=1S/C19H22ClN5OS/c1-3-17-22-25-18(26)11-15(21-19(25)27-17)12-23-6-8-24(9-7-23)16-10-14(20)5-4-13(16)2/h4-5,10-11H,3,6-9,12H2,1-2H3. The van der Waals surface area contributed by atoms with E-state index in [0.717, 1.165) is 48.3 Å². The highest BCUT2D eigenvalue weighted by atomic mass is 35.5. The Hall–Kier alpha value is -1.96. The minimum Gasteiger partial charge on any atom is -0.369 e. The molecular formula is C19H22ClN5OS. The third-order valence-corrected chi connectivity index (χ3v) is 6.20. The van der Waals surface area contributed by atoms with E-state index in [1.165, 1.54) is 27.1 Å². The maximum atomic E-state index is 12.3. The second-order valence-electron chi connectivity index (χ2n) is 6.82. The number of aryl methyl sites for hydroxylation is 2. The van der Waals surface area contributed by atoms with Crippen LogP contribution in [0.3, 0.4) is 0 Å². The summed E-state index contributed by atoms with van der Waals surface area (Å²) in [5, 5.41) is 6.01. The Morgan fingerprint density at radius 2 is 1.96 bits per heavy atom. The topological polar surface area (TPSA) is 53.7 Å². The second-order valence-corrected chi connectivity index (χ2v) is 8.30. The van der Waals surface area contributed by atoms with Crippen molar-refractivity contribution in [1.29, 1.82) is 0 Å². The summed E-state index contributed by atoms with van der Waals surface area (Å²) in [6, 6.07) is 7.65. The highest BCUT2D eigenvalue weighted by Crippen LogP contribution is 2.25. The fourth-order valence-electron chi connectivity index (χ4n) is 3.42. The SMILES string of the molecule is CCc1nn2c(=O)cc(CN3CCN(c4cc(Cl)ccc4C)CC3)nc2s1. The molecule has 0 amide bonds. The molecule has 0 radical (unpaired) electrons. The zero-order chi connectivity index (χ0) is 19.0. The van der Waals surface area contributed by atoms with Gasteiger partial charge in [-0.1, -0.05) is 35.9 Å². The van der Waals surface area contributed by atoms with Crippen LogP contribution in [0, 0.1) is 6.92 Å². The fraction of sp³-hybridized carbons (Fsp3) is 0.421. The average molecular weight is 404 g/mol. The van der Waals surface area contributed by atoms with Crippen molar-refractivity contribution in [1.82, 2.24) is 19.5 Å². The first kappa shape index (κ1) is 18.4. The van der Waals surface area contributed by atoms with Gasteiger partial charge in [-0.25, -0.2) is 4.98 Å². The van der Waals surface area contributed by atoms with Crippen LogP contribution in [-0.4, -0.2) is 45.7 Å². The summed E-state index contributed by atoms with van der Waals surface area (Å²) in [5.41, 5.74) is 3.17. The third kappa shape index (κ3) is 3.85. The molecule has 2 aromatic heterocycles. The molecule has 6 nitrogen and oxygen atoms in total. The summed E-state index contributed by atoms with van der Waals surface area (Å²) in [5.74, 6) is 0. The fourth-order valence-corrected chi connectivity index (χ4v) is 4.44. The molecular weight excluding hydrogens is 382 g/mol. The quantitative estimate of drug-likeness (QED) is 0.670. The largest absolute Gasteiger partial charge is 0.369 e. The second kappa shape index (κ2) is 7.58. The van der Waals surface area contributed by atoms with E-state index >= 15 is 0 Å². The molecule has 0 spiro atoms. The number of rotatable bonds is 4. The van der Waals surface area contributed by atoms with E-state index in [2.05, 4.69) is 32.9 Å². The molecule has 27 heavy (non-hydrogen) atoms. The van der Waals surface area contributed by atoms with Gasteiger partial charge in [0, 0.05) is 49.5 Å². The maximum absolute atomic E-state index is 12.3. The van der Waals surface area contributed by atoms with Crippen LogP contribution in [0.25, 0.3) is 4.96 Å². The van der Waals surface area contributed by atoms with Crippen LogP contribution >= 0.6 is 22.9 Å². The lowest BCUT2D eigenvalue weighted by Gasteiger charge is -2.36. The zero-order valence-corrected chi connectivity index (χ0v) is 17.1. The molecule has 1 saturated heterocycles. The molecule has 0 aliphatic carbocycles. The highest BCUT2D eigenvalue weighted by molar-refractivity contribution is 7.16. The van der Waals surface area contributed by atoms with Crippen molar-refractivity contribution >= 4 is 33.6 Å². The number of nitrogens with zero attached hydrogens (tertiary/aromatic N) is 5. The van der Waals surface area contributed by atoms with Gasteiger partial charge in [0.2, 0.25) is 4.96 Å². The zero-order valence-electron chi connectivity index (χ0n) is 15.5. The molecule has 0 bridgehead atoms. The molecule has 4 rings (SSSR count). The van der Waals surface area contributed by atoms with Gasteiger partial charge < -0.3 is 4.90 Å². The number of aromatic nitrogens is 3. The molecule has 0 saturated carbocycles. The number of hydrogen-bond donors (Lipinski definition) is 0. The van der Waals surface area contributed by atoms with Crippen molar-refractivity contribution in [3.05, 3.63) is 55.9 Å². The minimum atomic E-state index is -0.0980. The van der Waals surface area contributed by atoms with E-state index in [4.69, 9.17) is 11.6 Å². The first-order chi connectivity index (χ1) is 13.0. The minimum absolute atomic E-state index is 0.0980. The van der Waals surface area contributed by atoms with E-state index in [1.54, 1.807) is 6.07 Å². The van der Waals surface area contributed by atoms with E-state index < -0.39 is 0 Å². The number of piperazine rings is 1. The third-order valence-electron chi connectivity index (χ3n) is 4.91. The van der Waals surface area contributed by atoms with E-state index in [9.17, 15) is 4.79 Å². The first-order valence-electron chi connectivity index (χ1n) is 9.15. The molecule has 3 heterocycles. The van der Waals surface area contributed by atoms with Gasteiger partial charge in [0.05, 0.1) is 5.69 Å². The number of anilines is 1. The van der Waals surface area contributed by atoms with Gasteiger partial charge in [0.25, 0.3) is 5.56 Å². The van der Waals surface area contributed by atoms with Gasteiger partial charge in [-0.05, 0) is 31.0 Å². The van der Waals surface area contributed by atoms with Crippen LogP contribution in [0.5, 0.6) is 0 Å². The molecule has 142 valence electrons. The van der Waals surface area contributed by atoms with E-state index in [1.807, 2.05) is 19.1 Å². The molecule has 1 fully saturated rings. The Balaban J connectivity index is 1.45. The molecule has 3 aromatic rings. The van der Waals surface area contributed by atoms with Gasteiger partial charge in [0.1, 0.15) is 5.01 Å². The Morgan fingerprint density at radius 1 is 1.19 bits per heavy atom. The predicted molar refractivity (Wildman–Crippen MR) is 110 cm³/mol. The monoisotopic (exact) mass is 403 g/mol. The van der Waals surface area contributed by atoms with Gasteiger partial charge in [-0.15, -0.1) is 0 Å². The Bertz CT molecular complexity index is 1020. The van der Waals surface area contributed by atoms with Crippen molar-refractivity contribution in [2.75, 3.05) is 31.1 Å². The van der Waals surface area contributed by atoms with Crippen LogP contribution in [-0.2, 0) is 13.0 Å². The molecule has 1 aliphatic heterocycles. The van der Waals surface area contributed by atoms with Crippen LogP contribution < -0.4 is 10.5 Å². The predicted octanol–water partition coefficient (Wildman–Crippen LogP) is 3.00. The van der Waals surface area contributed by atoms with Crippen LogP contribution in [0.15, 0.2) is 29.1 Å². The van der Waals surface area contributed by atoms with Crippen molar-refractivity contribution < 1.29 is 0 Å². The number of fused-ring (bicyclic) bond motifs is 1. The number of halogens is 1. The molecule has 0 N–H and O–H groups in total. The Kier molecular flexibility index (Phi) is 5.16. The summed E-state index contributed by atoms with van der Waals surface area (Å²) in [7, 11) is 0. The smallest absolute Gasteiger partial charge is 0.275 e. The van der Waals surface area contributed by atoms with Crippen molar-refractivity contribution in [3.63, 3.8) is 0 Å². The van der Waals surface area contributed by atoms with Crippen LogP contribution in [0.1, 0.15) is 23.2 Å². The normalized spacial score (nSPS) is 15.6. The molecule has 0 atom stereocenters. The summed E-state index contributed by atoms with van der Waals surface area (Å²) >= 11 is 7.66. The number of benzene rings is 1. The lowest BCUT2D eigenvalue weighted by Crippen LogP contribution is -2.46. The average Bonchev–Trinajstić information content (AvgIpc) is 3.08. The van der Waals surface area contributed by atoms with E-state index in [-0.39, 0.29) is 5.56 Å². The van der Waals surface area contributed by atoms with Gasteiger partial charge in [0.15, 0.2) is 0 Å². The van der Waals surface area contributed by atoms with Crippen molar-refractivity contribution in [3.8, 4) is 0 Å². The Morgan fingerprint density at radius 3 is 2.70 bits per heavy atom. The summed E-state index contributed by atoms with van der Waals surface area (Å²) < 4.78 is 1.41. The lowest BCUT2D eigenvalue weighted by molar-refractivity contribution is 0.247. The van der Waals surface area contributed by atoms with Gasteiger partial charge >= 0.3 is 0 Å². The number of hydrogen-bond acceptors (Lipinski definition) is 6. The van der Waals surface area contributed by atoms with Crippen LogP contribution in [0.4, 0.5) is 5.69 Å². The maximum Gasteiger partial charge on any atom is 0.275 e. The molecule has 0 unspecified atom stereocenters.